The number of imide groups is 1. The molecule has 2 aliphatic rings. The Hall–Kier alpha value is -3.46. The molecule has 1 fully saturated rings. The number of likely N-dealkylation sites (N-methyl/N-ethyl adjacent to an activating group) is 1. The first kappa shape index (κ1) is 21.8. The Morgan fingerprint density at radius 1 is 0.844 bits per heavy atom. The van der Waals surface area contributed by atoms with E-state index in [-0.39, 0.29) is 17.0 Å². The van der Waals surface area contributed by atoms with Crippen LogP contribution in [0.2, 0.25) is 0 Å². The van der Waals surface area contributed by atoms with Crippen LogP contribution in [0.4, 0.5) is 14.5 Å². The fraction of sp³-hybridized carbons (Fsp3) is 0.304. The van der Waals surface area contributed by atoms with Crippen molar-refractivity contribution in [1.29, 1.82) is 0 Å². The normalized spacial score (nSPS) is 17.4. The first-order valence-corrected chi connectivity index (χ1v) is 10.1. The van der Waals surface area contributed by atoms with E-state index in [1.165, 1.54) is 14.2 Å². The number of methoxy groups -OCH3 is 2. The zero-order valence-corrected chi connectivity index (χ0v) is 18.0. The van der Waals surface area contributed by atoms with Crippen molar-refractivity contribution in [3.8, 4) is 11.5 Å². The minimum atomic E-state index is -0.988. The predicted molar refractivity (Wildman–Crippen MR) is 114 cm³/mol. The molecule has 9 heteroatoms. The van der Waals surface area contributed by atoms with Gasteiger partial charge in [-0.15, -0.1) is 0 Å². The number of carbonyl (C=O) groups excluding carboxylic acids is 2. The van der Waals surface area contributed by atoms with Crippen LogP contribution in [0.5, 0.6) is 11.5 Å². The minimum Gasteiger partial charge on any atom is -0.493 e. The van der Waals surface area contributed by atoms with E-state index in [0.29, 0.717) is 49.3 Å². The molecule has 2 aromatic rings. The summed E-state index contributed by atoms with van der Waals surface area (Å²) in [5.74, 6) is -2.25. The number of ether oxygens (including phenoxy) is 2. The maximum Gasteiger partial charge on any atom is 0.282 e. The molecular weight excluding hydrogens is 420 g/mol. The van der Waals surface area contributed by atoms with Gasteiger partial charge < -0.3 is 19.3 Å². The van der Waals surface area contributed by atoms with E-state index < -0.39 is 23.4 Å². The van der Waals surface area contributed by atoms with Crippen molar-refractivity contribution in [2.45, 2.75) is 0 Å². The summed E-state index contributed by atoms with van der Waals surface area (Å²) in [6.45, 7) is 2.47. The van der Waals surface area contributed by atoms with Crippen molar-refractivity contribution in [2.75, 3.05) is 52.3 Å². The van der Waals surface area contributed by atoms with Crippen molar-refractivity contribution in [3.05, 3.63) is 59.3 Å². The monoisotopic (exact) mass is 443 g/mol. The standard InChI is InChI=1S/C23H23F2N3O4/c1-26-8-10-27(11-9-26)21-20(14-4-7-18(31-2)19(12-14)32-3)22(29)28(23(21)30)17-6-5-15(24)13-16(17)25/h4-7,12-13H,8-11H2,1-3H3. The molecule has 32 heavy (non-hydrogen) atoms. The summed E-state index contributed by atoms with van der Waals surface area (Å²) >= 11 is 0. The van der Waals surface area contributed by atoms with Gasteiger partial charge >= 0.3 is 0 Å². The van der Waals surface area contributed by atoms with Crippen molar-refractivity contribution in [2.24, 2.45) is 0 Å². The number of nitrogens with zero attached hydrogens (tertiary/aromatic N) is 3. The largest absolute Gasteiger partial charge is 0.493 e. The molecule has 1 saturated heterocycles. The molecule has 2 heterocycles. The Kier molecular flexibility index (Phi) is 5.84. The summed E-state index contributed by atoms with van der Waals surface area (Å²) in [4.78, 5) is 31.7. The lowest BCUT2D eigenvalue weighted by Gasteiger charge is -2.34. The van der Waals surface area contributed by atoms with Gasteiger partial charge in [-0.05, 0) is 36.9 Å². The molecule has 2 aromatic carbocycles. The van der Waals surface area contributed by atoms with Crippen LogP contribution in [0, 0.1) is 11.6 Å². The average Bonchev–Trinajstić information content (AvgIpc) is 3.04. The second-order valence-electron chi connectivity index (χ2n) is 7.63. The van der Waals surface area contributed by atoms with Crippen molar-refractivity contribution >= 4 is 23.1 Å². The molecule has 4 rings (SSSR count). The molecule has 168 valence electrons. The van der Waals surface area contributed by atoms with Gasteiger partial charge in [-0.2, -0.15) is 0 Å². The van der Waals surface area contributed by atoms with Gasteiger partial charge in [0.2, 0.25) is 0 Å². The maximum atomic E-state index is 14.6. The number of hydrogen-bond acceptors (Lipinski definition) is 6. The second kappa shape index (κ2) is 8.58. The van der Waals surface area contributed by atoms with Gasteiger partial charge in [-0.25, -0.2) is 13.7 Å². The Morgan fingerprint density at radius 3 is 2.16 bits per heavy atom. The molecule has 0 spiro atoms. The van der Waals surface area contributed by atoms with Gasteiger partial charge in [0, 0.05) is 32.2 Å². The van der Waals surface area contributed by atoms with Crippen LogP contribution in [-0.4, -0.2) is 69.1 Å². The third-order valence-electron chi connectivity index (χ3n) is 5.70. The van der Waals surface area contributed by atoms with E-state index in [0.717, 1.165) is 17.0 Å². The predicted octanol–water partition coefficient (Wildman–Crippen LogP) is 2.51. The highest BCUT2D eigenvalue weighted by atomic mass is 19.1. The smallest absolute Gasteiger partial charge is 0.282 e. The summed E-state index contributed by atoms with van der Waals surface area (Å²) in [5.41, 5.74) is 0.492. The van der Waals surface area contributed by atoms with Crippen LogP contribution >= 0.6 is 0 Å². The fourth-order valence-electron chi connectivity index (χ4n) is 3.97. The van der Waals surface area contributed by atoms with Crippen LogP contribution in [0.3, 0.4) is 0 Å². The number of piperazine rings is 1. The molecule has 0 saturated carbocycles. The van der Waals surface area contributed by atoms with Gasteiger partial charge in [-0.3, -0.25) is 9.59 Å². The average molecular weight is 443 g/mol. The van der Waals surface area contributed by atoms with Crippen LogP contribution in [-0.2, 0) is 9.59 Å². The lowest BCUT2D eigenvalue weighted by Crippen LogP contribution is -2.46. The summed E-state index contributed by atoms with van der Waals surface area (Å²) in [6.07, 6.45) is 0. The minimum absolute atomic E-state index is 0.143. The first-order valence-electron chi connectivity index (χ1n) is 10.1. The van der Waals surface area contributed by atoms with Crippen molar-refractivity contribution in [1.82, 2.24) is 9.80 Å². The van der Waals surface area contributed by atoms with Crippen LogP contribution in [0.1, 0.15) is 5.56 Å². The molecule has 0 aliphatic carbocycles. The Labute approximate surface area is 184 Å². The molecule has 0 N–H and O–H groups in total. The highest BCUT2D eigenvalue weighted by Gasteiger charge is 2.44. The highest BCUT2D eigenvalue weighted by Crippen LogP contribution is 2.39. The number of halogens is 2. The summed E-state index contributed by atoms with van der Waals surface area (Å²) in [7, 11) is 4.94. The summed E-state index contributed by atoms with van der Waals surface area (Å²) < 4.78 is 38.6. The van der Waals surface area contributed by atoms with E-state index in [1.807, 2.05) is 11.9 Å². The summed E-state index contributed by atoms with van der Waals surface area (Å²) in [5, 5.41) is 0. The number of benzene rings is 2. The molecule has 2 amide bonds. The van der Waals surface area contributed by atoms with E-state index >= 15 is 0 Å². The molecule has 2 aliphatic heterocycles. The van der Waals surface area contributed by atoms with Gasteiger partial charge in [0.25, 0.3) is 11.8 Å². The van der Waals surface area contributed by atoms with Crippen molar-refractivity contribution in [3.63, 3.8) is 0 Å². The third kappa shape index (κ3) is 3.69. The topological polar surface area (TPSA) is 62.3 Å². The van der Waals surface area contributed by atoms with E-state index in [4.69, 9.17) is 9.47 Å². The van der Waals surface area contributed by atoms with E-state index in [9.17, 15) is 18.4 Å². The van der Waals surface area contributed by atoms with Gasteiger partial charge in [-0.1, -0.05) is 6.07 Å². The van der Waals surface area contributed by atoms with Crippen LogP contribution < -0.4 is 14.4 Å². The SMILES string of the molecule is COc1ccc(C2=C(N3CCN(C)CC3)C(=O)N(c3ccc(F)cc3F)C2=O)cc1OC. The molecule has 0 atom stereocenters. The molecule has 0 aromatic heterocycles. The second-order valence-corrected chi connectivity index (χ2v) is 7.63. The molecular formula is C23H23F2N3O4. The lowest BCUT2D eigenvalue weighted by molar-refractivity contribution is -0.120. The number of carbonyl (C=O) groups is 2. The van der Waals surface area contributed by atoms with E-state index in [1.54, 1.807) is 18.2 Å². The Morgan fingerprint density at radius 2 is 1.53 bits per heavy atom. The lowest BCUT2D eigenvalue weighted by atomic mass is 10.0. The Balaban J connectivity index is 1.85. The summed E-state index contributed by atoms with van der Waals surface area (Å²) in [6, 6.07) is 7.67. The van der Waals surface area contributed by atoms with E-state index in [2.05, 4.69) is 4.90 Å². The van der Waals surface area contributed by atoms with Gasteiger partial charge in [0.1, 0.15) is 17.3 Å². The molecule has 0 bridgehead atoms. The zero-order chi connectivity index (χ0) is 23.0. The zero-order valence-electron chi connectivity index (χ0n) is 18.0. The Bertz CT molecular complexity index is 1110. The number of amides is 2. The maximum absolute atomic E-state index is 14.6. The first-order chi connectivity index (χ1) is 15.3. The molecule has 0 radical (unpaired) electrons. The number of anilines is 1. The van der Waals surface area contributed by atoms with Gasteiger partial charge in [0.15, 0.2) is 11.5 Å². The number of rotatable bonds is 5. The molecule has 0 unspecified atom stereocenters. The number of hydrogen-bond donors (Lipinski definition) is 0. The fourth-order valence-corrected chi connectivity index (χ4v) is 3.97. The third-order valence-corrected chi connectivity index (χ3v) is 5.70. The molecule has 7 nitrogen and oxygen atoms in total. The van der Waals surface area contributed by atoms with Crippen LogP contribution in [0.15, 0.2) is 42.1 Å². The van der Waals surface area contributed by atoms with Crippen LogP contribution in [0.25, 0.3) is 5.57 Å². The van der Waals surface area contributed by atoms with Crippen molar-refractivity contribution < 1.29 is 27.8 Å². The highest BCUT2D eigenvalue weighted by molar-refractivity contribution is 6.45. The quantitative estimate of drug-likeness (QED) is 0.662. The van der Waals surface area contributed by atoms with Gasteiger partial charge in [0.05, 0.1) is 25.5 Å².